The lowest BCUT2D eigenvalue weighted by atomic mass is 9.87. The highest BCUT2D eigenvalue weighted by molar-refractivity contribution is 7.92. The van der Waals surface area contributed by atoms with Gasteiger partial charge in [0.2, 0.25) is 11.1 Å². The van der Waals surface area contributed by atoms with Crippen molar-refractivity contribution in [2.75, 3.05) is 11.3 Å². The van der Waals surface area contributed by atoms with E-state index in [4.69, 9.17) is 15.3 Å². The molecule has 0 bridgehead atoms. The van der Waals surface area contributed by atoms with Crippen LogP contribution in [0.1, 0.15) is 54.9 Å². The van der Waals surface area contributed by atoms with Crippen molar-refractivity contribution in [3.05, 3.63) is 81.9 Å². The Morgan fingerprint density at radius 2 is 1.91 bits per heavy atom. The number of aromatic nitrogens is 2. The molecule has 0 aliphatic heterocycles. The maximum absolute atomic E-state index is 13.2. The largest absolute Gasteiger partial charge is 0.507 e. The zero-order valence-corrected chi connectivity index (χ0v) is 24.5. The number of aromatic hydroxyl groups is 1. The number of benzene rings is 2. The van der Waals surface area contributed by atoms with Crippen LogP contribution < -0.4 is 21.4 Å². The number of nitrogens with zero attached hydrogens (tertiary/aromatic N) is 1. The standard InChI is InChI=1S/C30H33N5O8S/c31-21(28(38)39)12-13-25(37)32-14-4-7-20-16-24(36)27(29(40)43-20)26(17-10-11-17)18-5-3-6-19(15-18)35-44(41,42)30-33-22-8-1-2-9-23(22)34-30/h1-3,5-6,8-9,15-17,21,26,35-36H,4,7,10-14,31H2,(H,32,37)(H,33,34)(H,38,39)/t21-,26?/m0/s1. The average Bonchev–Trinajstić information content (AvgIpc) is 3.71. The molecule has 1 aliphatic carbocycles. The SMILES string of the molecule is N[C@@H](CCC(=O)NCCCc1cc(O)c(C(c2cccc(NS(=O)(=O)c3nc4ccccc4[nH]3)c2)C2CC2)c(=O)o1)C(=O)O. The van der Waals surface area contributed by atoms with E-state index in [2.05, 4.69) is 20.0 Å². The molecule has 1 saturated carbocycles. The van der Waals surface area contributed by atoms with Gasteiger partial charge in [-0.1, -0.05) is 24.3 Å². The number of H-pyrrole nitrogens is 1. The number of aryl methyl sites for hydroxylation is 1. The van der Waals surface area contributed by atoms with E-state index in [0.717, 1.165) is 12.8 Å². The second-order valence-corrected chi connectivity index (χ2v) is 12.4. The lowest BCUT2D eigenvalue weighted by Crippen LogP contribution is -2.33. The third kappa shape index (κ3) is 7.26. The van der Waals surface area contributed by atoms with Crippen molar-refractivity contribution in [3.63, 3.8) is 0 Å². The van der Waals surface area contributed by atoms with Crippen LogP contribution >= 0.6 is 0 Å². The summed E-state index contributed by atoms with van der Waals surface area (Å²) >= 11 is 0. The van der Waals surface area contributed by atoms with Crippen LogP contribution in [0.5, 0.6) is 5.75 Å². The van der Waals surface area contributed by atoms with Crippen molar-refractivity contribution in [3.8, 4) is 5.75 Å². The summed E-state index contributed by atoms with van der Waals surface area (Å²) in [5, 5.41) is 22.2. The molecule has 2 aromatic heterocycles. The first-order valence-corrected chi connectivity index (χ1v) is 15.7. The van der Waals surface area contributed by atoms with Crippen molar-refractivity contribution in [1.29, 1.82) is 0 Å². The highest BCUT2D eigenvalue weighted by Gasteiger charge is 2.37. The van der Waals surface area contributed by atoms with Crippen molar-refractivity contribution < 1.29 is 32.6 Å². The van der Waals surface area contributed by atoms with Gasteiger partial charge in [-0.25, -0.2) is 9.78 Å². The number of nitrogens with one attached hydrogen (secondary N) is 3. The number of sulfonamides is 1. The number of aliphatic carboxylic acids is 1. The Kier molecular flexibility index (Phi) is 9.01. The van der Waals surface area contributed by atoms with E-state index >= 15 is 0 Å². The molecular weight excluding hydrogens is 590 g/mol. The number of amides is 1. The molecule has 14 heteroatoms. The van der Waals surface area contributed by atoms with Crippen molar-refractivity contribution in [2.24, 2.45) is 11.7 Å². The number of imidazole rings is 1. The number of carboxylic acids is 1. The van der Waals surface area contributed by atoms with Crippen molar-refractivity contribution >= 4 is 38.6 Å². The van der Waals surface area contributed by atoms with Crippen LogP contribution in [0.25, 0.3) is 11.0 Å². The minimum absolute atomic E-state index is 0.0175. The van der Waals surface area contributed by atoms with E-state index in [1.807, 2.05) is 0 Å². The lowest BCUT2D eigenvalue weighted by Gasteiger charge is -2.19. The molecule has 1 amide bonds. The van der Waals surface area contributed by atoms with Crippen LogP contribution in [0.15, 0.2) is 69.0 Å². The number of carbonyl (C=O) groups is 2. The molecule has 1 aliphatic rings. The minimum atomic E-state index is -4.04. The number of aromatic amines is 1. The van der Waals surface area contributed by atoms with Gasteiger partial charge in [0, 0.05) is 37.1 Å². The van der Waals surface area contributed by atoms with Crippen LogP contribution in [-0.4, -0.2) is 53.1 Å². The molecule has 5 rings (SSSR count). The second kappa shape index (κ2) is 12.9. The van der Waals surface area contributed by atoms with Gasteiger partial charge in [-0.15, -0.1) is 0 Å². The van der Waals surface area contributed by atoms with Gasteiger partial charge < -0.3 is 30.7 Å². The van der Waals surface area contributed by atoms with Crippen LogP contribution in [-0.2, 0) is 26.0 Å². The predicted octanol–water partition coefficient (Wildman–Crippen LogP) is 2.81. The number of fused-ring (bicyclic) bond motifs is 1. The highest BCUT2D eigenvalue weighted by atomic mass is 32.2. The molecule has 7 N–H and O–H groups in total. The van der Waals surface area contributed by atoms with Crippen molar-refractivity contribution in [1.82, 2.24) is 15.3 Å². The molecule has 232 valence electrons. The van der Waals surface area contributed by atoms with Gasteiger partial charge in [0.1, 0.15) is 17.6 Å². The van der Waals surface area contributed by atoms with E-state index < -0.39 is 33.6 Å². The zero-order valence-electron chi connectivity index (χ0n) is 23.7. The highest BCUT2D eigenvalue weighted by Crippen LogP contribution is 2.48. The monoisotopic (exact) mass is 623 g/mol. The fourth-order valence-corrected chi connectivity index (χ4v) is 6.09. The molecule has 0 radical (unpaired) electrons. The Morgan fingerprint density at radius 3 is 2.61 bits per heavy atom. The summed E-state index contributed by atoms with van der Waals surface area (Å²) in [4.78, 5) is 42.8. The number of carbonyl (C=O) groups excluding carboxylic acids is 1. The molecule has 2 atom stereocenters. The summed E-state index contributed by atoms with van der Waals surface area (Å²) in [7, 11) is -4.04. The Labute approximate surface area is 252 Å². The molecule has 1 unspecified atom stereocenters. The summed E-state index contributed by atoms with van der Waals surface area (Å²) in [5.74, 6) is -1.91. The third-order valence-corrected chi connectivity index (χ3v) is 8.67. The smallest absolute Gasteiger partial charge is 0.343 e. The molecule has 44 heavy (non-hydrogen) atoms. The van der Waals surface area contributed by atoms with Gasteiger partial charge in [0.25, 0.3) is 10.0 Å². The van der Waals surface area contributed by atoms with Gasteiger partial charge >= 0.3 is 11.6 Å². The molecule has 2 heterocycles. The van der Waals surface area contributed by atoms with E-state index in [1.165, 1.54) is 6.07 Å². The average molecular weight is 624 g/mol. The molecule has 4 aromatic rings. The van der Waals surface area contributed by atoms with Crippen LogP contribution in [0, 0.1) is 5.92 Å². The Balaban J connectivity index is 1.27. The molecular formula is C30H33N5O8S. The Hall–Kier alpha value is -4.69. The number of hydrogen-bond donors (Lipinski definition) is 6. The van der Waals surface area contributed by atoms with Crippen LogP contribution in [0.3, 0.4) is 0 Å². The van der Waals surface area contributed by atoms with E-state index in [1.54, 1.807) is 48.5 Å². The first-order chi connectivity index (χ1) is 21.0. The van der Waals surface area contributed by atoms with E-state index in [9.17, 15) is 27.9 Å². The number of para-hydroxylation sites is 2. The fraction of sp³-hybridized carbons (Fsp3) is 0.333. The first kappa shape index (κ1) is 30.8. The Morgan fingerprint density at radius 1 is 1.14 bits per heavy atom. The molecule has 1 fully saturated rings. The molecule has 0 saturated heterocycles. The predicted molar refractivity (Wildman–Crippen MR) is 161 cm³/mol. The maximum atomic E-state index is 13.2. The molecule has 13 nitrogen and oxygen atoms in total. The van der Waals surface area contributed by atoms with E-state index in [-0.39, 0.29) is 65.5 Å². The lowest BCUT2D eigenvalue weighted by molar-refractivity contribution is -0.138. The van der Waals surface area contributed by atoms with Gasteiger partial charge in [0.05, 0.1) is 16.6 Å². The number of rotatable bonds is 14. The van der Waals surface area contributed by atoms with E-state index in [0.29, 0.717) is 23.0 Å². The summed E-state index contributed by atoms with van der Waals surface area (Å²) in [6.45, 7) is 0.259. The quantitative estimate of drug-likeness (QED) is 0.113. The Bertz CT molecular complexity index is 1810. The zero-order chi connectivity index (χ0) is 31.4. The van der Waals surface area contributed by atoms with Crippen LogP contribution in [0.4, 0.5) is 5.69 Å². The summed E-state index contributed by atoms with van der Waals surface area (Å²) < 4.78 is 34.3. The topological polar surface area (TPSA) is 218 Å². The number of hydrogen-bond acceptors (Lipinski definition) is 9. The third-order valence-electron chi connectivity index (χ3n) is 7.46. The fourth-order valence-electron chi connectivity index (χ4n) is 5.10. The van der Waals surface area contributed by atoms with Crippen LogP contribution in [0.2, 0.25) is 0 Å². The van der Waals surface area contributed by atoms with Gasteiger partial charge in [-0.05, 0) is 61.4 Å². The number of carboxylic acid groups (broad SMARTS) is 1. The van der Waals surface area contributed by atoms with Crippen molar-refractivity contribution in [2.45, 2.75) is 55.6 Å². The van der Waals surface area contributed by atoms with Gasteiger partial charge in [-0.3, -0.25) is 14.3 Å². The number of anilines is 1. The molecule has 0 spiro atoms. The normalized spacial score (nSPS) is 14.7. The second-order valence-electron chi connectivity index (χ2n) is 10.8. The first-order valence-electron chi connectivity index (χ1n) is 14.2. The molecule has 2 aromatic carbocycles. The summed E-state index contributed by atoms with van der Waals surface area (Å²) in [6.07, 6.45) is 2.34. The summed E-state index contributed by atoms with van der Waals surface area (Å²) in [6, 6.07) is 14.0. The maximum Gasteiger partial charge on any atom is 0.343 e. The number of nitrogens with two attached hydrogens (primary N) is 1. The van der Waals surface area contributed by atoms with Gasteiger partial charge in [0.15, 0.2) is 0 Å². The minimum Gasteiger partial charge on any atom is -0.507 e. The van der Waals surface area contributed by atoms with Gasteiger partial charge in [-0.2, -0.15) is 8.42 Å². The summed E-state index contributed by atoms with van der Waals surface area (Å²) in [5.41, 5.74) is 6.87.